The Hall–Kier alpha value is -1.53. The molecule has 1 unspecified atom stereocenters. The lowest BCUT2D eigenvalue weighted by Crippen LogP contribution is -2.48. The maximum absolute atomic E-state index is 13.4. The molecule has 1 fully saturated rings. The number of piperazine rings is 1. The van der Waals surface area contributed by atoms with Crippen molar-refractivity contribution in [3.8, 4) is 0 Å². The second kappa shape index (κ2) is 11.6. The van der Waals surface area contributed by atoms with Gasteiger partial charge in [-0.3, -0.25) is 4.90 Å². The molecule has 2 aromatic carbocycles. The summed E-state index contributed by atoms with van der Waals surface area (Å²) in [5.74, 6) is 0.185. The topological polar surface area (TPSA) is 32.5 Å². The van der Waals surface area contributed by atoms with E-state index in [1.165, 1.54) is 30.7 Å². The van der Waals surface area contributed by atoms with Crippen LogP contribution < -0.4 is 5.73 Å². The van der Waals surface area contributed by atoms with Crippen LogP contribution in [0.1, 0.15) is 36.9 Å². The Labute approximate surface area is 179 Å². The van der Waals surface area contributed by atoms with E-state index in [0.717, 1.165) is 56.8 Å². The van der Waals surface area contributed by atoms with Gasteiger partial charge in [0.25, 0.3) is 0 Å². The monoisotopic (exact) mass is 423 g/mol. The van der Waals surface area contributed by atoms with Crippen molar-refractivity contribution in [1.29, 1.82) is 0 Å². The van der Waals surface area contributed by atoms with Crippen molar-refractivity contribution in [2.75, 3.05) is 39.3 Å². The summed E-state index contributed by atoms with van der Waals surface area (Å²) in [6, 6.07) is 13.4. The Kier molecular flexibility index (Phi) is 9.50. The minimum atomic E-state index is -0.238. The molecule has 2 N–H and O–H groups in total. The van der Waals surface area contributed by atoms with Gasteiger partial charge in [0, 0.05) is 26.2 Å². The molecule has 2 aromatic rings. The van der Waals surface area contributed by atoms with Crippen LogP contribution in [0.4, 0.5) is 8.78 Å². The van der Waals surface area contributed by atoms with E-state index in [2.05, 4.69) is 16.7 Å². The first-order chi connectivity index (χ1) is 13.6. The van der Waals surface area contributed by atoms with E-state index >= 15 is 0 Å². The molecule has 0 spiro atoms. The number of hydrogen-bond donors (Lipinski definition) is 1. The van der Waals surface area contributed by atoms with Crippen LogP contribution in [-0.4, -0.2) is 49.1 Å². The van der Waals surface area contributed by atoms with E-state index < -0.39 is 0 Å². The van der Waals surface area contributed by atoms with Gasteiger partial charge < -0.3 is 10.6 Å². The van der Waals surface area contributed by atoms with Crippen molar-refractivity contribution in [2.45, 2.75) is 25.8 Å². The second-order valence-corrected chi connectivity index (χ2v) is 7.85. The predicted molar refractivity (Wildman–Crippen MR) is 117 cm³/mol. The molecule has 29 heavy (non-hydrogen) atoms. The van der Waals surface area contributed by atoms with Crippen molar-refractivity contribution in [1.82, 2.24) is 9.80 Å². The van der Waals surface area contributed by atoms with Gasteiger partial charge in [-0.05, 0) is 67.2 Å². The molecular formula is C23H32ClF2N3. The molecule has 0 aromatic heterocycles. The fourth-order valence-corrected chi connectivity index (χ4v) is 3.98. The van der Waals surface area contributed by atoms with Gasteiger partial charge in [0.05, 0.1) is 6.04 Å². The molecule has 1 saturated heterocycles. The van der Waals surface area contributed by atoms with Crippen LogP contribution in [-0.2, 0) is 0 Å². The van der Waals surface area contributed by atoms with Crippen LogP contribution in [0.5, 0.6) is 0 Å². The molecule has 1 atom stereocenters. The van der Waals surface area contributed by atoms with Gasteiger partial charge in [-0.1, -0.05) is 31.2 Å². The second-order valence-electron chi connectivity index (χ2n) is 7.85. The van der Waals surface area contributed by atoms with Gasteiger partial charge >= 0.3 is 0 Å². The highest BCUT2D eigenvalue weighted by molar-refractivity contribution is 5.85. The molecule has 3 rings (SSSR count). The molecule has 160 valence electrons. The predicted octanol–water partition coefficient (Wildman–Crippen LogP) is 4.47. The third-order valence-electron chi connectivity index (χ3n) is 5.74. The summed E-state index contributed by atoms with van der Waals surface area (Å²) in [5.41, 5.74) is 7.73. The molecular weight excluding hydrogens is 392 g/mol. The largest absolute Gasteiger partial charge is 0.330 e. The number of benzene rings is 2. The summed E-state index contributed by atoms with van der Waals surface area (Å²) in [6.45, 7) is 8.01. The minimum absolute atomic E-state index is 0. The van der Waals surface area contributed by atoms with Crippen molar-refractivity contribution >= 4 is 12.4 Å². The fourth-order valence-electron chi connectivity index (χ4n) is 3.98. The van der Waals surface area contributed by atoms with Crippen molar-refractivity contribution in [3.63, 3.8) is 0 Å². The summed E-state index contributed by atoms with van der Waals surface area (Å²) in [6.07, 6.45) is 2.26. The smallest absolute Gasteiger partial charge is 0.123 e. The number of halogens is 3. The normalized spacial score (nSPS) is 16.6. The van der Waals surface area contributed by atoms with Crippen molar-refractivity contribution in [3.05, 3.63) is 71.3 Å². The highest BCUT2D eigenvalue weighted by Gasteiger charge is 2.26. The Morgan fingerprint density at radius 3 is 1.76 bits per heavy atom. The Balaban J connectivity index is 0.00000300. The highest BCUT2D eigenvalue weighted by atomic mass is 35.5. The lowest BCUT2D eigenvalue weighted by molar-refractivity contribution is 0.105. The van der Waals surface area contributed by atoms with Crippen LogP contribution in [0.25, 0.3) is 0 Å². The number of nitrogens with zero attached hydrogens (tertiary/aromatic N) is 2. The number of nitrogens with two attached hydrogens (primary N) is 1. The molecule has 6 heteroatoms. The SMILES string of the molecule is CC(CCN)CCN1CCN(C(c2ccc(F)cc2)c2ccc(F)cc2)CC1.Cl. The fraction of sp³-hybridized carbons (Fsp3) is 0.478. The highest BCUT2D eigenvalue weighted by Crippen LogP contribution is 2.30. The van der Waals surface area contributed by atoms with E-state index in [0.29, 0.717) is 5.92 Å². The van der Waals surface area contributed by atoms with Gasteiger partial charge in [-0.2, -0.15) is 0 Å². The summed E-state index contributed by atoms with van der Waals surface area (Å²) in [7, 11) is 0. The van der Waals surface area contributed by atoms with Gasteiger partial charge in [0.15, 0.2) is 0 Å². The van der Waals surface area contributed by atoms with E-state index in [-0.39, 0.29) is 30.1 Å². The average Bonchev–Trinajstić information content (AvgIpc) is 2.71. The number of rotatable bonds is 8. The first kappa shape index (κ1) is 23.7. The quantitative estimate of drug-likeness (QED) is 0.680. The lowest BCUT2D eigenvalue weighted by Gasteiger charge is -2.40. The van der Waals surface area contributed by atoms with Crippen LogP contribution >= 0.6 is 12.4 Å². The zero-order chi connectivity index (χ0) is 19.9. The summed E-state index contributed by atoms with van der Waals surface area (Å²) < 4.78 is 26.9. The van der Waals surface area contributed by atoms with E-state index in [4.69, 9.17) is 5.73 Å². The molecule has 1 aliphatic heterocycles. The maximum Gasteiger partial charge on any atom is 0.123 e. The maximum atomic E-state index is 13.4. The van der Waals surface area contributed by atoms with Gasteiger partial charge in [0.1, 0.15) is 11.6 Å². The standard InChI is InChI=1S/C23H31F2N3.ClH/c1-18(10-12-26)11-13-27-14-16-28(17-15-27)23(19-2-6-21(24)7-3-19)20-4-8-22(25)9-5-20;/h2-9,18,23H,10-17,26H2,1H3;1H. The Bertz CT molecular complexity index is 670. The van der Waals surface area contributed by atoms with Crippen LogP contribution in [0.2, 0.25) is 0 Å². The van der Waals surface area contributed by atoms with E-state index in [1.54, 1.807) is 0 Å². The molecule has 0 amide bonds. The third kappa shape index (κ3) is 6.75. The first-order valence-corrected chi connectivity index (χ1v) is 10.2. The Morgan fingerprint density at radius 2 is 1.31 bits per heavy atom. The van der Waals surface area contributed by atoms with Gasteiger partial charge in [-0.25, -0.2) is 8.78 Å². The molecule has 0 aliphatic carbocycles. The first-order valence-electron chi connectivity index (χ1n) is 10.2. The minimum Gasteiger partial charge on any atom is -0.330 e. The van der Waals surface area contributed by atoms with Crippen molar-refractivity contribution < 1.29 is 8.78 Å². The molecule has 0 bridgehead atoms. The van der Waals surface area contributed by atoms with Crippen LogP contribution in [0, 0.1) is 17.6 Å². The zero-order valence-electron chi connectivity index (χ0n) is 17.1. The van der Waals surface area contributed by atoms with Crippen LogP contribution in [0.3, 0.4) is 0 Å². The van der Waals surface area contributed by atoms with Crippen molar-refractivity contribution in [2.24, 2.45) is 11.7 Å². The Morgan fingerprint density at radius 1 is 0.828 bits per heavy atom. The van der Waals surface area contributed by atoms with E-state index in [1.807, 2.05) is 24.3 Å². The summed E-state index contributed by atoms with van der Waals surface area (Å²) >= 11 is 0. The summed E-state index contributed by atoms with van der Waals surface area (Å²) in [5, 5.41) is 0. The average molecular weight is 424 g/mol. The summed E-state index contributed by atoms with van der Waals surface area (Å²) in [4.78, 5) is 4.93. The molecule has 1 aliphatic rings. The number of hydrogen-bond acceptors (Lipinski definition) is 3. The zero-order valence-corrected chi connectivity index (χ0v) is 17.9. The van der Waals surface area contributed by atoms with Gasteiger partial charge in [0.2, 0.25) is 0 Å². The molecule has 3 nitrogen and oxygen atoms in total. The van der Waals surface area contributed by atoms with Gasteiger partial charge in [-0.15, -0.1) is 12.4 Å². The van der Waals surface area contributed by atoms with E-state index in [9.17, 15) is 8.78 Å². The lowest BCUT2D eigenvalue weighted by atomic mass is 9.96. The molecule has 0 saturated carbocycles. The molecule has 1 heterocycles. The third-order valence-corrected chi connectivity index (χ3v) is 5.74. The van der Waals surface area contributed by atoms with Crippen LogP contribution in [0.15, 0.2) is 48.5 Å². The molecule has 0 radical (unpaired) electrons.